The standard InChI is InChI=1S/C21H31ClN4O4/c1-5-6-7-10-26-16-15(14(22)13-23-17(16)24-18(26)27)21(29)8-11-25(12-9-21)19(28)30-20(2,3)4/h13,29H,5-12H2,1-4H3,(H,23,24,27). The summed E-state index contributed by atoms with van der Waals surface area (Å²) < 4.78 is 7.12. The minimum atomic E-state index is -1.26. The Kier molecular flexibility index (Phi) is 6.48. The topological polar surface area (TPSA) is 101 Å². The quantitative estimate of drug-likeness (QED) is 0.678. The van der Waals surface area contributed by atoms with Gasteiger partial charge >= 0.3 is 6.09 Å². The largest absolute Gasteiger partial charge is 0.480 e. The number of rotatable bonds is 5. The molecule has 0 radical (unpaired) electrons. The monoisotopic (exact) mass is 438 g/mol. The number of piperidine rings is 1. The first-order chi connectivity index (χ1) is 14.1. The Morgan fingerprint density at radius 2 is 1.97 bits per heavy atom. The number of unbranched alkanes of at least 4 members (excludes halogenated alkanes) is 2. The summed E-state index contributed by atoms with van der Waals surface area (Å²) in [5.41, 5.74) is -0.405. The average Bonchev–Trinajstić information content (AvgIpc) is 2.96. The predicted molar refractivity (Wildman–Crippen MR) is 115 cm³/mol. The van der Waals surface area contributed by atoms with E-state index in [1.54, 1.807) is 9.47 Å². The summed E-state index contributed by atoms with van der Waals surface area (Å²) in [6.07, 6.45) is 4.59. The Hall–Kier alpha value is -2.06. The van der Waals surface area contributed by atoms with Crippen LogP contribution in [-0.4, -0.2) is 54.4 Å². The molecule has 9 heteroatoms. The summed E-state index contributed by atoms with van der Waals surface area (Å²) >= 11 is 6.50. The van der Waals surface area contributed by atoms with Gasteiger partial charge in [0.05, 0.1) is 16.1 Å². The summed E-state index contributed by atoms with van der Waals surface area (Å²) in [5, 5.41) is 22.2. The van der Waals surface area contributed by atoms with Crippen LogP contribution in [0, 0.1) is 0 Å². The van der Waals surface area contributed by atoms with E-state index in [4.69, 9.17) is 16.3 Å². The van der Waals surface area contributed by atoms with E-state index in [1.165, 1.54) is 6.20 Å². The molecule has 30 heavy (non-hydrogen) atoms. The number of likely N-dealkylation sites (tertiary alicyclic amines) is 1. The highest BCUT2D eigenvalue weighted by Gasteiger charge is 2.40. The van der Waals surface area contributed by atoms with Crippen molar-refractivity contribution < 1.29 is 19.7 Å². The molecule has 1 saturated heterocycles. The smallest absolute Gasteiger partial charge is 0.410 e. The Balaban J connectivity index is 1.90. The molecule has 0 bridgehead atoms. The van der Waals surface area contributed by atoms with Crippen molar-refractivity contribution in [1.29, 1.82) is 0 Å². The maximum absolute atomic E-state index is 12.4. The number of amides is 1. The number of aromatic hydroxyl groups is 1. The average molecular weight is 439 g/mol. The van der Waals surface area contributed by atoms with Crippen molar-refractivity contribution in [3.8, 4) is 6.01 Å². The Morgan fingerprint density at radius 1 is 1.30 bits per heavy atom. The third-order valence-electron chi connectivity index (χ3n) is 5.40. The lowest BCUT2D eigenvalue weighted by atomic mass is 9.84. The van der Waals surface area contributed by atoms with Gasteiger partial charge in [-0.2, -0.15) is 4.98 Å². The Bertz CT molecular complexity index is 914. The SMILES string of the molecule is CCCCCn1c(O)nc2ncc(Cl)c(C3(O)CCN(C(=O)OC(C)(C)C)CC3)c21. The molecule has 1 aliphatic rings. The van der Waals surface area contributed by atoms with Crippen molar-refractivity contribution in [2.24, 2.45) is 0 Å². The van der Waals surface area contributed by atoms with E-state index in [0.717, 1.165) is 19.3 Å². The molecule has 166 valence electrons. The van der Waals surface area contributed by atoms with E-state index in [1.807, 2.05) is 20.8 Å². The number of carbonyl (C=O) groups is 1. The molecule has 1 aliphatic heterocycles. The maximum atomic E-state index is 12.4. The summed E-state index contributed by atoms with van der Waals surface area (Å²) in [6, 6.07) is -0.132. The number of aliphatic hydroxyl groups is 1. The van der Waals surface area contributed by atoms with Crippen LogP contribution in [0.5, 0.6) is 6.01 Å². The molecule has 0 atom stereocenters. The van der Waals surface area contributed by atoms with Crippen LogP contribution in [-0.2, 0) is 16.9 Å². The van der Waals surface area contributed by atoms with Gasteiger partial charge in [-0.25, -0.2) is 9.78 Å². The summed E-state index contributed by atoms with van der Waals surface area (Å²) in [6.45, 7) is 8.81. The molecule has 0 aromatic carbocycles. The number of ether oxygens (including phenoxy) is 1. The number of halogens is 1. The third kappa shape index (κ3) is 4.64. The number of fused-ring (bicyclic) bond motifs is 1. The summed E-state index contributed by atoms with van der Waals surface area (Å²) in [7, 11) is 0. The number of hydrogen-bond donors (Lipinski definition) is 2. The molecule has 2 aromatic heterocycles. The van der Waals surface area contributed by atoms with Crippen LogP contribution in [0.15, 0.2) is 6.20 Å². The predicted octanol–water partition coefficient (Wildman–Crippen LogP) is 4.20. The van der Waals surface area contributed by atoms with Gasteiger partial charge in [-0.15, -0.1) is 0 Å². The zero-order valence-electron chi connectivity index (χ0n) is 18.1. The van der Waals surface area contributed by atoms with Gasteiger partial charge in [0.15, 0.2) is 5.65 Å². The Labute approximate surface area is 181 Å². The van der Waals surface area contributed by atoms with E-state index in [-0.39, 0.29) is 6.01 Å². The Morgan fingerprint density at radius 3 is 2.57 bits per heavy atom. The van der Waals surface area contributed by atoms with Crippen LogP contribution in [0.4, 0.5) is 4.79 Å². The second kappa shape index (κ2) is 8.59. The van der Waals surface area contributed by atoms with Gasteiger partial charge in [-0.1, -0.05) is 31.4 Å². The zero-order chi connectivity index (χ0) is 22.1. The first-order valence-electron chi connectivity index (χ1n) is 10.5. The van der Waals surface area contributed by atoms with E-state index >= 15 is 0 Å². The highest BCUT2D eigenvalue weighted by atomic mass is 35.5. The second-order valence-corrected chi connectivity index (χ2v) is 9.33. The fourth-order valence-corrected chi connectivity index (χ4v) is 4.19. The summed E-state index contributed by atoms with van der Waals surface area (Å²) in [5.74, 6) is 0. The van der Waals surface area contributed by atoms with Gasteiger partial charge in [0, 0.05) is 31.4 Å². The molecule has 3 rings (SSSR count). The number of hydrogen-bond acceptors (Lipinski definition) is 6. The first-order valence-corrected chi connectivity index (χ1v) is 10.9. The number of pyridine rings is 1. The molecule has 3 heterocycles. The number of carbonyl (C=O) groups excluding carboxylic acids is 1. The molecule has 1 fully saturated rings. The maximum Gasteiger partial charge on any atom is 0.410 e. The number of aromatic nitrogens is 3. The van der Waals surface area contributed by atoms with Crippen LogP contribution in [0.1, 0.15) is 65.4 Å². The molecule has 0 unspecified atom stereocenters. The van der Waals surface area contributed by atoms with E-state index < -0.39 is 17.3 Å². The van der Waals surface area contributed by atoms with E-state index in [2.05, 4.69) is 16.9 Å². The van der Waals surface area contributed by atoms with Crippen molar-refractivity contribution >= 4 is 28.9 Å². The van der Waals surface area contributed by atoms with Gasteiger partial charge in [-0.05, 0) is 40.0 Å². The van der Waals surface area contributed by atoms with Crippen LogP contribution >= 0.6 is 11.6 Å². The first kappa shape index (κ1) is 22.6. The van der Waals surface area contributed by atoms with Crippen LogP contribution < -0.4 is 0 Å². The van der Waals surface area contributed by atoms with Crippen LogP contribution in [0.2, 0.25) is 5.02 Å². The van der Waals surface area contributed by atoms with Gasteiger partial charge < -0.3 is 19.8 Å². The van der Waals surface area contributed by atoms with Crippen LogP contribution in [0.3, 0.4) is 0 Å². The molecule has 0 saturated carbocycles. The van der Waals surface area contributed by atoms with Gasteiger partial charge in [-0.3, -0.25) is 4.57 Å². The molecule has 1 amide bonds. The third-order valence-corrected chi connectivity index (χ3v) is 5.68. The lowest BCUT2D eigenvalue weighted by Crippen LogP contribution is -2.47. The van der Waals surface area contributed by atoms with Crippen molar-refractivity contribution in [3.63, 3.8) is 0 Å². The van der Waals surface area contributed by atoms with Crippen molar-refractivity contribution in [1.82, 2.24) is 19.4 Å². The normalized spacial score (nSPS) is 16.8. The molecule has 0 spiro atoms. The molecule has 2 aromatic rings. The van der Waals surface area contributed by atoms with Crippen molar-refractivity contribution in [2.45, 2.75) is 77.5 Å². The second-order valence-electron chi connectivity index (χ2n) is 8.92. The minimum Gasteiger partial charge on any atom is -0.480 e. The van der Waals surface area contributed by atoms with Gasteiger partial charge in [0.25, 0.3) is 6.01 Å². The highest BCUT2D eigenvalue weighted by Crippen LogP contribution is 2.41. The van der Waals surface area contributed by atoms with Crippen molar-refractivity contribution in [3.05, 3.63) is 16.8 Å². The number of nitrogens with zero attached hydrogens (tertiary/aromatic N) is 4. The number of imidazole rings is 1. The van der Waals surface area contributed by atoms with E-state index in [0.29, 0.717) is 54.2 Å². The van der Waals surface area contributed by atoms with Gasteiger partial charge in [0.1, 0.15) is 5.60 Å². The summed E-state index contributed by atoms with van der Waals surface area (Å²) in [4.78, 5) is 22.4. The molecule has 8 nitrogen and oxygen atoms in total. The van der Waals surface area contributed by atoms with Crippen molar-refractivity contribution in [2.75, 3.05) is 13.1 Å². The fourth-order valence-electron chi connectivity index (χ4n) is 3.87. The molecular weight excluding hydrogens is 408 g/mol. The molecule has 2 N–H and O–H groups in total. The van der Waals surface area contributed by atoms with Gasteiger partial charge in [0.2, 0.25) is 0 Å². The van der Waals surface area contributed by atoms with E-state index in [9.17, 15) is 15.0 Å². The molecule has 0 aliphatic carbocycles. The lowest BCUT2D eigenvalue weighted by Gasteiger charge is -2.39. The zero-order valence-corrected chi connectivity index (χ0v) is 18.9. The fraction of sp³-hybridized carbons (Fsp3) is 0.667. The highest BCUT2D eigenvalue weighted by molar-refractivity contribution is 6.32. The van der Waals surface area contributed by atoms with Crippen LogP contribution in [0.25, 0.3) is 11.2 Å². The lowest BCUT2D eigenvalue weighted by molar-refractivity contribution is -0.0349. The minimum absolute atomic E-state index is 0.132. The number of aryl methyl sites for hydroxylation is 1. The molecular formula is C21H31ClN4O4.